The van der Waals surface area contributed by atoms with Gasteiger partial charge in [-0.3, -0.25) is 4.79 Å². The van der Waals surface area contributed by atoms with Crippen LogP contribution in [0.2, 0.25) is 0 Å². The normalized spacial score (nSPS) is 17.3. The Morgan fingerprint density at radius 2 is 2.04 bits per heavy atom. The first-order chi connectivity index (χ1) is 12.8. The quantitative estimate of drug-likeness (QED) is 0.595. The SMILES string of the molecule is CC1=C(C(=O)OC(C)C)C(c2cccc3nonc23)C(C(=O)O)=C(C=O)N1. The van der Waals surface area contributed by atoms with Crippen molar-refractivity contribution in [3.63, 3.8) is 0 Å². The lowest BCUT2D eigenvalue weighted by Gasteiger charge is -2.29. The maximum absolute atomic E-state index is 12.8. The standard InChI is InChI=1S/C18H17N3O6/c1-8(2)26-18(25)13-9(3)19-12(7-22)15(17(23)24)14(13)10-5-4-6-11-16(10)21-27-20-11/h4-8,14,19H,1-3H3,(H,23,24). The number of carboxylic acid groups (broad SMARTS) is 1. The first-order valence-corrected chi connectivity index (χ1v) is 8.17. The van der Waals surface area contributed by atoms with Crippen molar-refractivity contribution in [2.45, 2.75) is 32.8 Å². The van der Waals surface area contributed by atoms with Gasteiger partial charge in [0.2, 0.25) is 0 Å². The fourth-order valence-electron chi connectivity index (χ4n) is 3.10. The molecule has 0 saturated heterocycles. The molecule has 2 aromatic rings. The van der Waals surface area contributed by atoms with E-state index in [1.54, 1.807) is 39.0 Å². The molecule has 0 radical (unpaired) electrons. The smallest absolute Gasteiger partial charge is 0.337 e. The molecule has 1 atom stereocenters. The number of esters is 1. The molecule has 0 spiro atoms. The second kappa shape index (κ2) is 7.02. The third-order valence-electron chi connectivity index (χ3n) is 4.13. The van der Waals surface area contributed by atoms with Gasteiger partial charge in [0.25, 0.3) is 0 Å². The van der Waals surface area contributed by atoms with Crippen LogP contribution in [0.5, 0.6) is 0 Å². The van der Waals surface area contributed by atoms with Gasteiger partial charge in [-0.25, -0.2) is 14.2 Å². The van der Waals surface area contributed by atoms with Gasteiger partial charge in [-0.05, 0) is 42.7 Å². The topological polar surface area (TPSA) is 132 Å². The Labute approximate surface area is 153 Å². The molecule has 1 aliphatic heterocycles. The predicted molar refractivity (Wildman–Crippen MR) is 92.3 cm³/mol. The summed E-state index contributed by atoms with van der Waals surface area (Å²) in [5, 5.41) is 20.1. The summed E-state index contributed by atoms with van der Waals surface area (Å²) >= 11 is 0. The predicted octanol–water partition coefficient (Wildman–Crippen LogP) is 1.67. The van der Waals surface area contributed by atoms with Gasteiger partial charge in [-0.1, -0.05) is 12.1 Å². The lowest BCUT2D eigenvalue weighted by atomic mass is 9.80. The third-order valence-corrected chi connectivity index (χ3v) is 4.13. The number of carbonyl (C=O) groups excluding carboxylic acids is 2. The van der Waals surface area contributed by atoms with Crippen molar-refractivity contribution in [2.24, 2.45) is 0 Å². The van der Waals surface area contributed by atoms with E-state index in [9.17, 15) is 19.5 Å². The average Bonchev–Trinajstić information content (AvgIpc) is 3.08. The van der Waals surface area contributed by atoms with Crippen molar-refractivity contribution in [3.8, 4) is 0 Å². The second-order valence-corrected chi connectivity index (χ2v) is 6.28. The van der Waals surface area contributed by atoms with E-state index in [2.05, 4.69) is 15.6 Å². The summed E-state index contributed by atoms with van der Waals surface area (Å²) in [6, 6.07) is 4.90. The molecular weight excluding hydrogens is 354 g/mol. The van der Waals surface area contributed by atoms with Crippen LogP contribution in [0.4, 0.5) is 0 Å². The Bertz CT molecular complexity index is 1000. The lowest BCUT2D eigenvalue weighted by molar-refractivity contribution is -0.143. The van der Waals surface area contributed by atoms with Crippen LogP contribution in [0.3, 0.4) is 0 Å². The molecule has 3 rings (SSSR count). The van der Waals surface area contributed by atoms with Gasteiger partial charge in [0.1, 0.15) is 11.0 Å². The molecule has 0 amide bonds. The first-order valence-electron chi connectivity index (χ1n) is 8.17. The third kappa shape index (κ3) is 3.19. The number of aldehydes is 1. The number of allylic oxidation sites excluding steroid dienone is 2. The molecule has 1 aromatic carbocycles. The van der Waals surface area contributed by atoms with E-state index in [1.165, 1.54) is 0 Å². The number of ether oxygens (including phenoxy) is 1. The van der Waals surface area contributed by atoms with Gasteiger partial charge in [-0.15, -0.1) is 0 Å². The zero-order chi connectivity index (χ0) is 19.7. The van der Waals surface area contributed by atoms with Gasteiger partial charge in [0.05, 0.1) is 28.9 Å². The van der Waals surface area contributed by atoms with Crippen LogP contribution in [0.25, 0.3) is 11.0 Å². The minimum Gasteiger partial charge on any atom is -0.478 e. The number of aromatic nitrogens is 2. The Hall–Kier alpha value is -3.49. The molecule has 9 nitrogen and oxygen atoms in total. The molecule has 9 heteroatoms. The van der Waals surface area contributed by atoms with E-state index >= 15 is 0 Å². The zero-order valence-electron chi connectivity index (χ0n) is 14.8. The zero-order valence-corrected chi connectivity index (χ0v) is 14.8. The number of aliphatic carboxylic acids is 1. The molecule has 0 aliphatic carbocycles. The van der Waals surface area contributed by atoms with Crippen molar-refractivity contribution in [1.82, 2.24) is 15.6 Å². The van der Waals surface area contributed by atoms with Crippen molar-refractivity contribution in [2.75, 3.05) is 0 Å². The number of nitrogens with one attached hydrogen (secondary N) is 1. The molecule has 2 N–H and O–H groups in total. The van der Waals surface area contributed by atoms with Crippen LogP contribution in [0.1, 0.15) is 32.3 Å². The number of nitrogens with zero attached hydrogens (tertiary/aromatic N) is 2. The van der Waals surface area contributed by atoms with Crippen molar-refractivity contribution < 1.29 is 28.9 Å². The van der Waals surface area contributed by atoms with E-state index < -0.39 is 24.0 Å². The van der Waals surface area contributed by atoms with Crippen LogP contribution in [0.15, 0.2) is 45.4 Å². The van der Waals surface area contributed by atoms with Crippen LogP contribution in [-0.4, -0.2) is 39.7 Å². The van der Waals surface area contributed by atoms with Crippen molar-refractivity contribution in [1.29, 1.82) is 0 Å². The first kappa shape index (κ1) is 18.3. The van der Waals surface area contributed by atoms with E-state index in [4.69, 9.17) is 9.37 Å². The Morgan fingerprint density at radius 3 is 2.67 bits per heavy atom. The Balaban J connectivity index is 2.29. The van der Waals surface area contributed by atoms with Crippen LogP contribution >= 0.6 is 0 Å². The number of hydrogen-bond donors (Lipinski definition) is 2. The fraction of sp³-hybridized carbons (Fsp3) is 0.278. The molecule has 0 bridgehead atoms. The summed E-state index contributed by atoms with van der Waals surface area (Å²) in [7, 11) is 0. The molecule has 140 valence electrons. The monoisotopic (exact) mass is 371 g/mol. The van der Waals surface area contributed by atoms with E-state index in [1.807, 2.05) is 0 Å². The molecule has 2 heterocycles. The number of hydrogen-bond acceptors (Lipinski definition) is 8. The molecule has 0 fully saturated rings. The van der Waals surface area contributed by atoms with Crippen LogP contribution < -0.4 is 5.32 Å². The van der Waals surface area contributed by atoms with Gasteiger partial charge in [-0.2, -0.15) is 0 Å². The molecule has 1 unspecified atom stereocenters. The summed E-state index contributed by atoms with van der Waals surface area (Å²) in [6.45, 7) is 4.95. The number of fused-ring (bicyclic) bond motifs is 1. The van der Waals surface area contributed by atoms with Crippen molar-refractivity contribution in [3.05, 3.63) is 46.3 Å². The average molecular weight is 371 g/mol. The highest BCUT2D eigenvalue weighted by atomic mass is 16.6. The lowest BCUT2D eigenvalue weighted by Crippen LogP contribution is -2.33. The summed E-state index contributed by atoms with van der Waals surface area (Å²) in [5.74, 6) is -3.10. The van der Waals surface area contributed by atoms with E-state index in [0.29, 0.717) is 28.6 Å². The number of carbonyl (C=O) groups is 3. The van der Waals surface area contributed by atoms with E-state index in [0.717, 1.165) is 0 Å². The summed E-state index contributed by atoms with van der Waals surface area (Å²) in [5.41, 5.74) is 1.07. The molecule has 1 aliphatic rings. The fourth-order valence-corrected chi connectivity index (χ4v) is 3.10. The number of rotatable bonds is 5. The maximum atomic E-state index is 12.8. The molecule has 27 heavy (non-hydrogen) atoms. The minimum atomic E-state index is -1.34. The molecule has 0 saturated carbocycles. The van der Waals surface area contributed by atoms with Crippen LogP contribution in [-0.2, 0) is 19.1 Å². The number of carboxylic acids is 1. The van der Waals surface area contributed by atoms with Gasteiger partial charge in [0.15, 0.2) is 6.29 Å². The highest BCUT2D eigenvalue weighted by Gasteiger charge is 2.39. The van der Waals surface area contributed by atoms with Gasteiger partial charge < -0.3 is 15.2 Å². The highest BCUT2D eigenvalue weighted by molar-refractivity contribution is 6.03. The summed E-state index contributed by atoms with van der Waals surface area (Å²) < 4.78 is 10.1. The Morgan fingerprint density at radius 1 is 1.30 bits per heavy atom. The number of dihydropyridines is 1. The number of benzene rings is 1. The summed E-state index contributed by atoms with van der Waals surface area (Å²) in [6.07, 6.45) is -0.00112. The van der Waals surface area contributed by atoms with E-state index in [-0.39, 0.29) is 16.8 Å². The summed E-state index contributed by atoms with van der Waals surface area (Å²) in [4.78, 5) is 36.2. The second-order valence-electron chi connectivity index (χ2n) is 6.28. The largest absolute Gasteiger partial charge is 0.478 e. The van der Waals surface area contributed by atoms with Crippen LogP contribution in [0, 0.1) is 0 Å². The maximum Gasteiger partial charge on any atom is 0.337 e. The van der Waals surface area contributed by atoms with Crippen molar-refractivity contribution >= 4 is 29.3 Å². The van der Waals surface area contributed by atoms with Gasteiger partial charge >= 0.3 is 11.9 Å². The Kier molecular flexibility index (Phi) is 4.76. The highest BCUT2D eigenvalue weighted by Crippen LogP contribution is 2.40. The van der Waals surface area contributed by atoms with Gasteiger partial charge in [0, 0.05) is 5.70 Å². The molecule has 1 aromatic heterocycles. The minimum absolute atomic E-state index is 0.0854. The molecular formula is C18H17N3O6.